The second kappa shape index (κ2) is 15.0. The average molecular weight is 578 g/mol. The smallest absolute Gasteiger partial charge is 0.208 e. The maximum atomic E-state index is 13.5. The summed E-state index contributed by atoms with van der Waals surface area (Å²) < 4.78 is 11.4. The fourth-order valence-electron chi connectivity index (χ4n) is 4.75. The molecule has 0 spiro atoms. The van der Waals surface area contributed by atoms with Crippen LogP contribution in [0.4, 0.5) is 5.82 Å². The van der Waals surface area contributed by atoms with E-state index in [1.165, 1.54) is 22.5 Å². The zero-order valence-electron chi connectivity index (χ0n) is 23.1. The minimum atomic E-state index is -0.222. The van der Waals surface area contributed by atoms with E-state index in [1.54, 1.807) is 17.5 Å². The van der Waals surface area contributed by atoms with Crippen molar-refractivity contribution in [2.75, 3.05) is 18.5 Å². The molecule has 4 heterocycles. The fourth-order valence-corrected chi connectivity index (χ4v) is 6.97. The summed E-state index contributed by atoms with van der Waals surface area (Å²) in [6.07, 6.45) is 6.76. The standard InChI is InChI=1S/C23H27N5O3S3.2C2H6/c1-12-16(22-20-18(5-6-30-22)33-13(2)27-20)8-19(32-12)21(29)17-9-25-11-26-23(17)28-15-4-3-14(7-15)10-31-34-24;2*1-2/h8-9,11,14-15,22H,3-7,10,24H2,1-2H3,(H,25,26,28);2*1-2H3. The van der Waals surface area contributed by atoms with Crippen LogP contribution >= 0.6 is 34.9 Å². The number of nitrogens with zero attached hydrogens (tertiary/aromatic N) is 3. The number of nitrogens with one attached hydrogen (secondary N) is 1. The van der Waals surface area contributed by atoms with Gasteiger partial charge >= 0.3 is 0 Å². The molecule has 8 nitrogen and oxygen atoms in total. The Bertz CT molecular complexity index is 1180. The third kappa shape index (κ3) is 7.19. The molecule has 0 aromatic carbocycles. The number of aromatic nitrogens is 3. The van der Waals surface area contributed by atoms with Crippen LogP contribution < -0.4 is 10.5 Å². The van der Waals surface area contributed by atoms with Crippen molar-refractivity contribution in [1.29, 1.82) is 0 Å². The van der Waals surface area contributed by atoms with Crippen molar-refractivity contribution >= 4 is 46.5 Å². The van der Waals surface area contributed by atoms with Crippen molar-refractivity contribution < 1.29 is 13.7 Å². The molecule has 0 saturated heterocycles. The Hall–Kier alpha value is -1.89. The highest BCUT2D eigenvalue weighted by molar-refractivity contribution is 7.92. The van der Waals surface area contributed by atoms with E-state index in [4.69, 9.17) is 19.0 Å². The summed E-state index contributed by atoms with van der Waals surface area (Å²) in [6.45, 7) is 13.4. The van der Waals surface area contributed by atoms with E-state index in [1.807, 2.05) is 47.6 Å². The highest BCUT2D eigenvalue weighted by atomic mass is 32.2. The van der Waals surface area contributed by atoms with E-state index in [0.717, 1.165) is 59.1 Å². The molecule has 38 heavy (non-hydrogen) atoms. The Labute approximate surface area is 238 Å². The van der Waals surface area contributed by atoms with Gasteiger partial charge in [0.05, 0.1) is 46.6 Å². The van der Waals surface area contributed by atoms with Crippen molar-refractivity contribution in [1.82, 2.24) is 15.0 Å². The van der Waals surface area contributed by atoms with Crippen molar-refractivity contribution in [3.63, 3.8) is 0 Å². The lowest BCUT2D eigenvalue weighted by atomic mass is 10.0. The molecule has 0 amide bonds. The first kappa shape index (κ1) is 30.6. The van der Waals surface area contributed by atoms with Crippen LogP contribution in [0.2, 0.25) is 0 Å². The lowest BCUT2D eigenvalue weighted by Crippen LogP contribution is -2.20. The number of thiophene rings is 1. The quantitative estimate of drug-likeness (QED) is 0.172. The van der Waals surface area contributed by atoms with E-state index in [0.29, 0.717) is 35.4 Å². The monoisotopic (exact) mass is 577 g/mol. The van der Waals surface area contributed by atoms with Crippen LogP contribution in [0.25, 0.3) is 0 Å². The summed E-state index contributed by atoms with van der Waals surface area (Å²) in [5.74, 6) is 0.954. The number of fused-ring (bicyclic) bond motifs is 1. The van der Waals surface area contributed by atoms with Gasteiger partial charge in [0, 0.05) is 34.0 Å². The summed E-state index contributed by atoms with van der Waals surface area (Å²) in [6, 6.07) is 2.20. The lowest BCUT2D eigenvalue weighted by Gasteiger charge is -2.22. The largest absolute Gasteiger partial charge is 0.367 e. The number of hydrogen-bond acceptors (Lipinski definition) is 11. The summed E-state index contributed by atoms with van der Waals surface area (Å²) in [5, 5.41) is 9.89. The van der Waals surface area contributed by atoms with Crippen LogP contribution in [0.1, 0.15) is 94.3 Å². The first-order chi connectivity index (χ1) is 18.5. The van der Waals surface area contributed by atoms with Crippen molar-refractivity contribution in [3.05, 3.63) is 55.1 Å². The topological polar surface area (TPSA) is 112 Å². The normalized spacial score (nSPS) is 20.0. The number of carbonyl (C=O) groups is 1. The van der Waals surface area contributed by atoms with Crippen molar-refractivity contribution in [3.8, 4) is 0 Å². The zero-order valence-corrected chi connectivity index (χ0v) is 25.5. The number of anilines is 1. The molecular weight excluding hydrogens is 539 g/mol. The van der Waals surface area contributed by atoms with Gasteiger partial charge in [0.15, 0.2) is 0 Å². The predicted octanol–water partition coefficient (Wildman–Crippen LogP) is 6.68. The van der Waals surface area contributed by atoms with Crippen LogP contribution in [0.5, 0.6) is 0 Å². The first-order valence-electron chi connectivity index (χ1n) is 13.3. The molecule has 208 valence electrons. The molecule has 1 aliphatic heterocycles. The van der Waals surface area contributed by atoms with Crippen LogP contribution in [-0.2, 0) is 15.3 Å². The van der Waals surface area contributed by atoms with Crippen LogP contribution in [-0.4, -0.2) is 40.0 Å². The minimum Gasteiger partial charge on any atom is -0.367 e. The predicted molar refractivity (Wildman–Crippen MR) is 158 cm³/mol. The number of rotatable bonds is 8. The van der Waals surface area contributed by atoms with Gasteiger partial charge in [0.1, 0.15) is 18.2 Å². The molecule has 11 heteroatoms. The number of ketones is 1. The maximum absolute atomic E-state index is 13.5. The molecule has 0 bridgehead atoms. The molecule has 1 saturated carbocycles. The third-order valence-electron chi connectivity index (χ3n) is 6.37. The molecule has 3 atom stereocenters. The number of thiazole rings is 1. The highest BCUT2D eigenvalue weighted by Gasteiger charge is 2.31. The Morgan fingerprint density at radius 2 is 2.03 bits per heavy atom. The highest BCUT2D eigenvalue weighted by Crippen LogP contribution is 2.39. The molecule has 3 aromatic heterocycles. The van der Waals surface area contributed by atoms with Crippen molar-refractivity contribution in [2.24, 2.45) is 11.1 Å². The van der Waals surface area contributed by atoms with Gasteiger partial charge in [0.25, 0.3) is 0 Å². The number of aryl methyl sites for hydroxylation is 2. The summed E-state index contributed by atoms with van der Waals surface area (Å²) in [5.41, 5.74) is 2.50. The number of nitrogens with two attached hydrogens (primary N) is 1. The molecule has 1 fully saturated rings. The zero-order chi connectivity index (χ0) is 27.7. The lowest BCUT2D eigenvalue weighted by molar-refractivity contribution is 0.0679. The van der Waals surface area contributed by atoms with E-state index < -0.39 is 0 Å². The SMILES string of the molecule is CC.CC.Cc1nc2c(s1)CCOC2c1cc(C(=O)c2cncnc2NC2CCC(COSN)C2)sc1C. The molecular formula is C27H39N5O3S3. The van der Waals surface area contributed by atoms with E-state index >= 15 is 0 Å². The van der Waals surface area contributed by atoms with E-state index in [-0.39, 0.29) is 17.9 Å². The molecule has 3 aromatic rings. The van der Waals surface area contributed by atoms with Gasteiger partial charge in [-0.15, -0.1) is 22.7 Å². The van der Waals surface area contributed by atoms with Gasteiger partial charge in [0.2, 0.25) is 5.78 Å². The third-order valence-corrected chi connectivity index (χ3v) is 8.75. The molecule has 1 aliphatic carbocycles. The van der Waals surface area contributed by atoms with Crippen LogP contribution in [0, 0.1) is 19.8 Å². The number of ether oxygens (including phenoxy) is 1. The van der Waals surface area contributed by atoms with Gasteiger partial charge < -0.3 is 14.2 Å². The summed E-state index contributed by atoms with van der Waals surface area (Å²) in [7, 11) is 0. The Balaban J connectivity index is 0.000000956. The second-order valence-electron chi connectivity index (χ2n) is 8.68. The number of hydrogen-bond donors (Lipinski definition) is 2. The Kier molecular flexibility index (Phi) is 12.1. The molecule has 0 radical (unpaired) electrons. The Morgan fingerprint density at radius 1 is 1.24 bits per heavy atom. The van der Waals surface area contributed by atoms with E-state index in [2.05, 4.69) is 15.3 Å². The molecule has 2 aliphatic rings. The summed E-state index contributed by atoms with van der Waals surface area (Å²) in [4.78, 5) is 29.8. The maximum Gasteiger partial charge on any atom is 0.208 e. The van der Waals surface area contributed by atoms with Gasteiger partial charge in [-0.1, -0.05) is 27.7 Å². The van der Waals surface area contributed by atoms with Gasteiger partial charge in [-0.25, -0.2) is 15.0 Å². The van der Waals surface area contributed by atoms with Crippen LogP contribution in [0.15, 0.2) is 18.6 Å². The molecule has 3 unspecified atom stereocenters. The molecule has 5 rings (SSSR count). The van der Waals surface area contributed by atoms with Gasteiger partial charge in [-0.3, -0.25) is 9.93 Å². The van der Waals surface area contributed by atoms with Crippen LogP contribution in [0.3, 0.4) is 0 Å². The Morgan fingerprint density at radius 3 is 2.79 bits per heavy atom. The van der Waals surface area contributed by atoms with Gasteiger partial charge in [-0.05, 0) is 45.1 Å². The van der Waals surface area contributed by atoms with Crippen molar-refractivity contribution in [2.45, 2.75) is 79.4 Å². The average Bonchev–Trinajstić information content (AvgIpc) is 3.67. The van der Waals surface area contributed by atoms with Gasteiger partial charge in [-0.2, -0.15) is 0 Å². The number of carbonyl (C=O) groups excluding carboxylic acids is 1. The van der Waals surface area contributed by atoms with E-state index in [9.17, 15) is 4.79 Å². The first-order valence-corrected chi connectivity index (χ1v) is 15.7. The second-order valence-corrected chi connectivity index (χ2v) is 11.7. The fraction of sp³-hybridized carbons (Fsp3) is 0.556. The minimum absolute atomic E-state index is 0.0784. The molecule has 3 N–H and O–H groups in total. The summed E-state index contributed by atoms with van der Waals surface area (Å²) >= 11 is 4.13.